The number of nitrogens with zero attached hydrogens (tertiary/aromatic N) is 4. The van der Waals surface area contributed by atoms with Crippen LogP contribution in [0.25, 0.3) is 11.0 Å². The van der Waals surface area contributed by atoms with Gasteiger partial charge in [0.05, 0.1) is 29.3 Å². The van der Waals surface area contributed by atoms with E-state index in [1.807, 2.05) is 37.4 Å². The largest absolute Gasteiger partial charge is 0.398 e. The maximum atomic E-state index is 6.36. The standard InChI is InChI=1S/C24H27N7/c1-15-17(18(25)12-22(26)28-15)13-31(14-23-29-19-8-2-3-9-20(19)30-23)21-10-4-6-16-7-5-11-27-24(16)21/h2-3,5,7-9,11-12,21H,4,6,10,13-14H2,1H3,(H,29,30)(H4,25,26,28). The Hall–Kier alpha value is -3.45. The average molecular weight is 414 g/mol. The van der Waals surface area contributed by atoms with Crippen molar-refractivity contribution in [3.63, 3.8) is 0 Å². The van der Waals surface area contributed by atoms with Gasteiger partial charge in [-0.2, -0.15) is 0 Å². The summed E-state index contributed by atoms with van der Waals surface area (Å²) in [7, 11) is 0. The first-order valence-electron chi connectivity index (χ1n) is 10.7. The van der Waals surface area contributed by atoms with Gasteiger partial charge in [0.2, 0.25) is 0 Å². The topological polar surface area (TPSA) is 110 Å². The number of pyridine rings is 2. The van der Waals surface area contributed by atoms with Crippen LogP contribution in [0.1, 0.15) is 47.2 Å². The molecule has 0 bridgehead atoms. The number of nitrogens with two attached hydrogens (primary N) is 2. The molecular weight excluding hydrogens is 386 g/mol. The van der Waals surface area contributed by atoms with Crippen LogP contribution in [0.5, 0.6) is 0 Å². The predicted octanol–water partition coefficient (Wildman–Crippen LogP) is 3.91. The minimum atomic E-state index is 0.189. The van der Waals surface area contributed by atoms with E-state index in [2.05, 4.69) is 27.0 Å². The van der Waals surface area contributed by atoms with Gasteiger partial charge in [0.15, 0.2) is 0 Å². The van der Waals surface area contributed by atoms with Crippen LogP contribution < -0.4 is 11.5 Å². The summed E-state index contributed by atoms with van der Waals surface area (Å²) in [5.41, 5.74) is 19.3. The van der Waals surface area contributed by atoms with Crippen LogP contribution in [0.4, 0.5) is 11.5 Å². The fourth-order valence-electron chi connectivity index (χ4n) is 4.65. The second-order valence-electron chi connectivity index (χ2n) is 8.26. The molecule has 5 N–H and O–H groups in total. The first kappa shape index (κ1) is 19.5. The normalized spacial score (nSPS) is 16.0. The van der Waals surface area contributed by atoms with Crippen molar-refractivity contribution in [3.8, 4) is 0 Å². The Balaban J connectivity index is 1.54. The van der Waals surface area contributed by atoms with Crippen LogP contribution in [-0.2, 0) is 19.5 Å². The lowest BCUT2D eigenvalue weighted by Crippen LogP contribution is -2.32. The number of rotatable bonds is 5. The molecule has 1 unspecified atom stereocenters. The van der Waals surface area contributed by atoms with E-state index in [9.17, 15) is 0 Å². The van der Waals surface area contributed by atoms with Crippen molar-refractivity contribution < 1.29 is 0 Å². The van der Waals surface area contributed by atoms with E-state index in [0.29, 0.717) is 24.6 Å². The highest BCUT2D eigenvalue weighted by atomic mass is 15.2. The van der Waals surface area contributed by atoms with E-state index in [1.54, 1.807) is 6.07 Å². The SMILES string of the molecule is Cc1nc(N)cc(N)c1CN(Cc1nc2ccccc2[nH]1)C1CCCc2cccnc21. The van der Waals surface area contributed by atoms with E-state index < -0.39 is 0 Å². The highest BCUT2D eigenvalue weighted by Gasteiger charge is 2.29. The van der Waals surface area contributed by atoms with Gasteiger partial charge in [0.25, 0.3) is 0 Å². The Kier molecular flexibility index (Phi) is 5.03. The molecule has 31 heavy (non-hydrogen) atoms. The summed E-state index contributed by atoms with van der Waals surface area (Å²) in [4.78, 5) is 19.9. The molecule has 0 amide bonds. The summed E-state index contributed by atoms with van der Waals surface area (Å²) in [5.74, 6) is 1.39. The zero-order valence-corrected chi connectivity index (χ0v) is 17.7. The summed E-state index contributed by atoms with van der Waals surface area (Å²) < 4.78 is 0. The molecule has 0 aliphatic heterocycles. The molecule has 0 saturated heterocycles. The number of H-pyrrole nitrogens is 1. The third kappa shape index (κ3) is 3.84. The number of hydrogen-bond acceptors (Lipinski definition) is 6. The lowest BCUT2D eigenvalue weighted by Gasteiger charge is -2.35. The molecule has 0 spiro atoms. The number of fused-ring (bicyclic) bond motifs is 2. The Morgan fingerprint density at radius 2 is 1.97 bits per heavy atom. The van der Waals surface area contributed by atoms with Gasteiger partial charge in [-0.15, -0.1) is 0 Å². The van der Waals surface area contributed by atoms with Crippen LogP contribution >= 0.6 is 0 Å². The Bertz CT molecular complexity index is 1170. The van der Waals surface area contributed by atoms with Crippen molar-refractivity contribution in [2.75, 3.05) is 11.5 Å². The van der Waals surface area contributed by atoms with Crippen LogP contribution in [0.3, 0.4) is 0 Å². The summed E-state index contributed by atoms with van der Waals surface area (Å²) in [6.07, 6.45) is 5.14. The van der Waals surface area contributed by atoms with E-state index in [0.717, 1.165) is 53.1 Å². The van der Waals surface area contributed by atoms with E-state index in [4.69, 9.17) is 21.4 Å². The lowest BCUT2D eigenvalue weighted by atomic mass is 9.90. The fourth-order valence-corrected chi connectivity index (χ4v) is 4.65. The molecule has 1 atom stereocenters. The van der Waals surface area contributed by atoms with E-state index in [1.165, 1.54) is 5.56 Å². The van der Waals surface area contributed by atoms with Gasteiger partial charge in [0, 0.05) is 35.8 Å². The summed E-state index contributed by atoms with van der Waals surface area (Å²) >= 11 is 0. The summed E-state index contributed by atoms with van der Waals surface area (Å²) in [6.45, 7) is 3.29. The van der Waals surface area contributed by atoms with Gasteiger partial charge >= 0.3 is 0 Å². The first-order valence-corrected chi connectivity index (χ1v) is 10.7. The second-order valence-corrected chi connectivity index (χ2v) is 8.26. The Morgan fingerprint density at radius 3 is 2.81 bits per heavy atom. The number of aromatic amines is 1. The number of nitrogen functional groups attached to an aromatic ring is 2. The zero-order chi connectivity index (χ0) is 21.4. The fraction of sp³-hybridized carbons (Fsp3) is 0.292. The average Bonchev–Trinajstić information content (AvgIpc) is 3.17. The number of aromatic nitrogens is 4. The molecule has 1 aliphatic carbocycles. The number of anilines is 2. The molecule has 158 valence electrons. The van der Waals surface area contributed by atoms with Crippen molar-refractivity contribution in [1.29, 1.82) is 0 Å². The predicted molar refractivity (Wildman–Crippen MR) is 123 cm³/mol. The number of hydrogen-bond donors (Lipinski definition) is 3. The van der Waals surface area contributed by atoms with Gasteiger partial charge in [-0.1, -0.05) is 18.2 Å². The quantitative estimate of drug-likeness (QED) is 0.458. The molecule has 7 nitrogen and oxygen atoms in total. The van der Waals surface area contributed by atoms with Crippen molar-refractivity contribution in [1.82, 2.24) is 24.8 Å². The van der Waals surface area contributed by atoms with Gasteiger partial charge in [-0.05, 0) is 49.9 Å². The molecule has 3 heterocycles. The third-order valence-electron chi connectivity index (χ3n) is 6.14. The number of benzene rings is 1. The molecule has 7 heteroatoms. The lowest BCUT2D eigenvalue weighted by molar-refractivity contribution is 0.153. The number of aryl methyl sites for hydroxylation is 2. The van der Waals surface area contributed by atoms with Crippen LogP contribution in [0, 0.1) is 6.92 Å². The van der Waals surface area contributed by atoms with E-state index >= 15 is 0 Å². The highest BCUT2D eigenvalue weighted by Crippen LogP contribution is 2.35. The number of nitrogens with one attached hydrogen (secondary N) is 1. The Labute approximate surface area is 181 Å². The van der Waals surface area contributed by atoms with Crippen LogP contribution in [0.15, 0.2) is 48.7 Å². The molecule has 0 saturated carbocycles. The maximum absolute atomic E-state index is 6.36. The summed E-state index contributed by atoms with van der Waals surface area (Å²) in [5, 5.41) is 0. The van der Waals surface area contributed by atoms with Crippen molar-refractivity contribution >= 4 is 22.5 Å². The smallest absolute Gasteiger partial charge is 0.125 e. The van der Waals surface area contributed by atoms with E-state index in [-0.39, 0.29) is 6.04 Å². The number of para-hydroxylation sites is 2. The van der Waals surface area contributed by atoms with Crippen molar-refractivity contribution in [2.45, 2.75) is 45.3 Å². The van der Waals surface area contributed by atoms with Gasteiger partial charge in [-0.3, -0.25) is 9.88 Å². The molecule has 3 aromatic heterocycles. The molecule has 1 aliphatic rings. The monoisotopic (exact) mass is 413 g/mol. The molecule has 0 radical (unpaired) electrons. The van der Waals surface area contributed by atoms with Crippen LogP contribution in [-0.4, -0.2) is 24.8 Å². The first-order chi connectivity index (χ1) is 15.1. The van der Waals surface area contributed by atoms with Gasteiger partial charge in [0.1, 0.15) is 11.6 Å². The molecule has 4 aromatic rings. The molecule has 1 aromatic carbocycles. The Morgan fingerprint density at radius 1 is 1.10 bits per heavy atom. The van der Waals surface area contributed by atoms with Crippen molar-refractivity contribution in [3.05, 3.63) is 77.0 Å². The zero-order valence-electron chi connectivity index (χ0n) is 17.7. The van der Waals surface area contributed by atoms with Gasteiger partial charge < -0.3 is 16.5 Å². The third-order valence-corrected chi connectivity index (χ3v) is 6.14. The molecular formula is C24H27N7. The highest BCUT2D eigenvalue weighted by molar-refractivity contribution is 5.74. The summed E-state index contributed by atoms with van der Waals surface area (Å²) in [6, 6.07) is 14.3. The molecule has 5 rings (SSSR count). The van der Waals surface area contributed by atoms with Crippen LogP contribution in [0.2, 0.25) is 0 Å². The second kappa shape index (κ2) is 8.00. The van der Waals surface area contributed by atoms with Gasteiger partial charge in [-0.25, -0.2) is 9.97 Å². The minimum Gasteiger partial charge on any atom is -0.398 e. The number of imidazole rings is 1. The maximum Gasteiger partial charge on any atom is 0.125 e. The molecule has 0 fully saturated rings. The van der Waals surface area contributed by atoms with Crippen molar-refractivity contribution in [2.24, 2.45) is 0 Å². The minimum absolute atomic E-state index is 0.189.